The Labute approximate surface area is 146 Å². The van der Waals surface area contributed by atoms with E-state index in [0.29, 0.717) is 0 Å². The van der Waals surface area contributed by atoms with Crippen LogP contribution in [0.5, 0.6) is 0 Å². The van der Waals surface area contributed by atoms with Crippen molar-refractivity contribution in [1.82, 2.24) is 20.4 Å². The first-order valence-electron chi connectivity index (χ1n) is 8.63. The van der Waals surface area contributed by atoms with Gasteiger partial charge in [-0.2, -0.15) is 0 Å². The molecule has 0 aliphatic carbocycles. The lowest BCUT2D eigenvalue weighted by atomic mass is 10.1. The highest BCUT2D eigenvalue weighted by atomic mass is 16.5. The van der Waals surface area contributed by atoms with Crippen LogP contribution in [0.1, 0.15) is 33.8 Å². The van der Waals surface area contributed by atoms with Crippen LogP contribution in [0.4, 0.5) is 0 Å². The first-order valence-corrected chi connectivity index (χ1v) is 8.63. The summed E-state index contributed by atoms with van der Waals surface area (Å²) in [5.74, 6) is 0.874. The molecule has 2 N–H and O–H groups in total. The van der Waals surface area contributed by atoms with Crippen LogP contribution in [0.15, 0.2) is 35.0 Å². The maximum atomic E-state index is 12.7. The summed E-state index contributed by atoms with van der Waals surface area (Å²) in [6, 6.07) is 7.88. The first kappa shape index (κ1) is 15.9. The van der Waals surface area contributed by atoms with Crippen molar-refractivity contribution in [2.24, 2.45) is 0 Å². The average Bonchev–Trinajstić information content (AvgIpc) is 3.31. The van der Waals surface area contributed by atoms with Crippen LogP contribution in [-0.2, 0) is 6.54 Å². The number of nitrogens with one attached hydrogen (secondary N) is 2. The molecule has 6 heteroatoms. The standard InChI is InChI=1S/C19H22N4O2/c1-12-17(13(2)25-22-12)11-23-9-7-14(10-23)21-19(24)16-4-3-5-18-15(16)6-8-20-18/h3-6,8,14,20H,7,9-11H2,1-2H3,(H,21,24). The number of aromatic nitrogens is 2. The number of benzene rings is 1. The van der Waals surface area contributed by atoms with Crippen LogP contribution in [0, 0.1) is 13.8 Å². The summed E-state index contributed by atoms with van der Waals surface area (Å²) >= 11 is 0. The van der Waals surface area contributed by atoms with Gasteiger partial charge in [-0.1, -0.05) is 11.2 Å². The molecule has 25 heavy (non-hydrogen) atoms. The van der Waals surface area contributed by atoms with Gasteiger partial charge in [0.1, 0.15) is 5.76 Å². The maximum absolute atomic E-state index is 12.7. The number of hydrogen-bond donors (Lipinski definition) is 2. The molecule has 1 aliphatic rings. The van der Waals surface area contributed by atoms with Crippen LogP contribution < -0.4 is 5.32 Å². The van der Waals surface area contributed by atoms with E-state index in [0.717, 1.165) is 59.5 Å². The smallest absolute Gasteiger partial charge is 0.252 e. The lowest BCUT2D eigenvalue weighted by Gasteiger charge is -2.16. The number of likely N-dealkylation sites (tertiary alicyclic amines) is 1. The molecule has 1 aliphatic heterocycles. The quantitative estimate of drug-likeness (QED) is 0.767. The fourth-order valence-corrected chi connectivity index (χ4v) is 3.59. The van der Waals surface area contributed by atoms with E-state index in [2.05, 4.69) is 20.4 Å². The Morgan fingerprint density at radius 3 is 3.08 bits per heavy atom. The number of fused-ring (bicyclic) bond motifs is 1. The van der Waals surface area contributed by atoms with Gasteiger partial charge in [-0.15, -0.1) is 0 Å². The largest absolute Gasteiger partial charge is 0.361 e. The minimum absolute atomic E-state index is 0.00520. The molecule has 3 aromatic rings. The van der Waals surface area contributed by atoms with Gasteiger partial charge in [0.2, 0.25) is 0 Å². The van der Waals surface area contributed by atoms with Crippen molar-refractivity contribution in [3.8, 4) is 0 Å². The van der Waals surface area contributed by atoms with E-state index in [-0.39, 0.29) is 11.9 Å². The Bertz CT molecular complexity index is 892. The molecule has 1 fully saturated rings. The fourth-order valence-electron chi connectivity index (χ4n) is 3.59. The monoisotopic (exact) mass is 338 g/mol. The number of carbonyl (C=O) groups excluding carboxylic acids is 1. The predicted octanol–water partition coefficient (Wildman–Crippen LogP) is 2.78. The van der Waals surface area contributed by atoms with Gasteiger partial charge in [0.15, 0.2) is 0 Å². The van der Waals surface area contributed by atoms with Crippen molar-refractivity contribution in [1.29, 1.82) is 0 Å². The minimum Gasteiger partial charge on any atom is -0.361 e. The van der Waals surface area contributed by atoms with Crippen LogP contribution in [0.25, 0.3) is 10.9 Å². The Morgan fingerprint density at radius 2 is 2.28 bits per heavy atom. The van der Waals surface area contributed by atoms with E-state index in [1.165, 1.54) is 0 Å². The average molecular weight is 338 g/mol. The molecule has 4 rings (SSSR count). The summed E-state index contributed by atoms with van der Waals surface area (Å²) in [7, 11) is 0. The summed E-state index contributed by atoms with van der Waals surface area (Å²) in [6.07, 6.45) is 2.82. The second kappa shape index (κ2) is 6.37. The summed E-state index contributed by atoms with van der Waals surface area (Å²) in [5.41, 5.74) is 3.82. The van der Waals surface area contributed by atoms with E-state index in [4.69, 9.17) is 4.52 Å². The highest BCUT2D eigenvalue weighted by Gasteiger charge is 2.26. The number of aromatic amines is 1. The van der Waals surface area contributed by atoms with Gasteiger partial charge in [-0.25, -0.2) is 0 Å². The van der Waals surface area contributed by atoms with Crippen molar-refractivity contribution < 1.29 is 9.32 Å². The summed E-state index contributed by atoms with van der Waals surface area (Å²) < 4.78 is 5.24. The third-order valence-corrected chi connectivity index (χ3v) is 5.01. The Hall–Kier alpha value is -2.60. The van der Waals surface area contributed by atoms with Gasteiger partial charge >= 0.3 is 0 Å². The normalized spacial score (nSPS) is 18.1. The molecule has 2 aromatic heterocycles. The summed E-state index contributed by atoms with van der Waals surface area (Å²) in [5, 5.41) is 8.16. The molecule has 0 radical (unpaired) electrons. The Morgan fingerprint density at radius 1 is 1.40 bits per heavy atom. The van der Waals surface area contributed by atoms with Crippen LogP contribution >= 0.6 is 0 Å². The Kier molecular flexibility index (Phi) is 4.05. The van der Waals surface area contributed by atoms with E-state index in [1.807, 2.05) is 44.3 Å². The zero-order valence-corrected chi connectivity index (χ0v) is 14.5. The number of aryl methyl sites for hydroxylation is 2. The number of carbonyl (C=O) groups is 1. The van der Waals surface area contributed by atoms with Gasteiger partial charge in [-0.05, 0) is 38.5 Å². The highest BCUT2D eigenvalue weighted by molar-refractivity contribution is 6.06. The lowest BCUT2D eigenvalue weighted by Crippen LogP contribution is -2.37. The van der Waals surface area contributed by atoms with Crippen molar-refractivity contribution in [3.05, 3.63) is 53.0 Å². The third-order valence-electron chi connectivity index (χ3n) is 5.01. The molecular weight excluding hydrogens is 316 g/mol. The number of H-pyrrole nitrogens is 1. The Balaban J connectivity index is 1.41. The number of hydrogen-bond acceptors (Lipinski definition) is 4. The number of amides is 1. The summed E-state index contributed by atoms with van der Waals surface area (Å²) in [4.78, 5) is 18.2. The fraction of sp³-hybridized carbons (Fsp3) is 0.368. The number of nitrogens with zero attached hydrogens (tertiary/aromatic N) is 2. The zero-order chi connectivity index (χ0) is 17.4. The SMILES string of the molecule is Cc1noc(C)c1CN1CCC(NC(=O)c2cccc3[nH]ccc23)C1. The molecule has 0 bridgehead atoms. The molecule has 3 heterocycles. The maximum Gasteiger partial charge on any atom is 0.252 e. The summed E-state index contributed by atoms with van der Waals surface area (Å²) in [6.45, 7) is 6.55. The minimum atomic E-state index is -0.00520. The zero-order valence-electron chi connectivity index (χ0n) is 14.5. The van der Waals surface area contributed by atoms with Crippen molar-refractivity contribution in [2.75, 3.05) is 13.1 Å². The molecule has 1 unspecified atom stereocenters. The van der Waals surface area contributed by atoms with Crippen molar-refractivity contribution in [3.63, 3.8) is 0 Å². The van der Waals surface area contributed by atoms with E-state index >= 15 is 0 Å². The van der Waals surface area contributed by atoms with Crippen LogP contribution in [0.2, 0.25) is 0 Å². The second-order valence-electron chi connectivity index (χ2n) is 6.74. The van der Waals surface area contributed by atoms with E-state index in [9.17, 15) is 4.79 Å². The van der Waals surface area contributed by atoms with Gasteiger partial charge in [0, 0.05) is 53.9 Å². The van der Waals surface area contributed by atoms with Gasteiger partial charge in [-0.3, -0.25) is 9.69 Å². The van der Waals surface area contributed by atoms with Crippen LogP contribution in [0.3, 0.4) is 0 Å². The van der Waals surface area contributed by atoms with Crippen LogP contribution in [-0.4, -0.2) is 40.1 Å². The molecule has 130 valence electrons. The number of rotatable bonds is 4. The molecule has 1 amide bonds. The van der Waals surface area contributed by atoms with E-state index in [1.54, 1.807) is 0 Å². The van der Waals surface area contributed by atoms with Crippen molar-refractivity contribution >= 4 is 16.8 Å². The molecule has 1 atom stereocenters. The molecule has 0 spiro atoms. The molecule has 6 nitrogen and oxygen atoms in total. The van der Waals surface area contributed by atoms with Gasteiger partial charge < -0.3 is 14.8 Å². The third kappa shape index (κ3) is 3.05. The van der Waals surface area contributed by atoms with Gasteiger partial charge in [0.05, 0.1) is 5.69 Å². The van der Waals surface area contributed by atoms with Gasteiger partial charge in [0.25, 0.3) is 5.91 Å². The molecule has 0 saturated carbocycles. The predicted molar refractivity (Wildman–Crippen MR) is 95.4 cm³/mol. The molecular formula is C19H22N4O2. The molecule has 1 aromatic carbocycles. The second-order valence-corrected chi connectivity index (χ2v) is 6.74. The lowest BCUT2D eigenvalue weighted by molar-refractivity contribution is 0.0939. The molecule has 1 saturated heterocycles. The first-order chi connectivity index (χ1) is 12.1. The highest BCUT2D eigenvalue weighted by Crippen LogP contribution is 2.20. The van der Waals surface area contributed by atoms with Crippen molar-refractivity contribution in [2.45, 2.75) is 32.9 Å². The topological polar surface area (TPSA) is 74.2 Å². The van der Waals surface area contributed by atoms with E-state index < -0.39 is 0 Å².